The lowest BCUT2D eigenvalue weighted by Gasteiger charge is -2.32. The van der Waals surface area contributed by atoms with Crippen molar-refractivity contribution in [2.24, 2.45) is 4.99 Å². The van der Waals surface area contributed by atoms with Crippen molar-refractivity contribution >= 4 is 40.0 Å². The number of sulfonamides is 1. The molecule has 0 aliphatic carbocycles. The highest BCUT2D eigenvalue weighted by atomic mass is 127. The van der Waals surface area contributed by atoms with Gasteiger partial charge in [-0.25, -0.2) is 17.7 Å². The molecule has 1 aromatic rings. The van der Waals surface area contributed by atoms with Gasteiger partial charge in [0.05, 0.1) is 18.6 Å². The summed E-state index contributed by atoms with van der Waals surface area (Å²) in [6.07, 6.45) is 3.61. The van der Waals surface area contributed by atoms with Crippen LogP contribution in [0.1, 0.15) is 45.8 Å². The van der Waals surface area contributed by atoms with Crippen molar-refractivity contribution in [1.82, 2.24) is 14.9 Å². The van der Waals surface area contributed by atoms with Crippen molar-refractivity contribution in [3.05, 3.63) is 24.2 Å². The highest BCUT2D eigenvalue weighted by Gasteiger charge is 2.29. The summed E-state index contributed by atoms with van der Waals surface area (Å²) >= 11 is 0. The van der Waals surface area contributed by atoms with Gasteiger partial charge in [0.2, 0.25) is 10.0 Å². The number of aliphatic imine (C=N–C) groups is 1. The Morgan fingerprint density at radius 2 is 2.07 bits per heavy atom. The molecule has 28 heavy (non-hydrogen) atoms. The molecule has 8 nitrogen and oxygen atoms in total. The van der Waals surface area contributed by atoms with E-state index < -0.39 is 15.6 Å². The largest absolute Gasteiger partial charge is 0.466 e. The fourth-order valence-corrected chi connectivity index (χ4v) is 4.62. The first-order chi connectivity index (χ1) is 12.8. The van der Waals surface area contributed by atoms with Gasteiger partial charge in [-0.1, -0.05) is 6.92 Å². The van der Waals surface area contributed by atoms with Gasteiger partial charge in [-0.15, -0.1) is 24.0 Å². The van der Waals surface area contributed by atoms with E-state index in [2.05, 4.69) is 15.6 Å². The van der Waals surface area contributed by atoms with Crippen molar-refractivity contribution < 1.29 is 17.9 Å². The summed E-state index contributed by atoms with van der Waals surface area (Å²) in [5, 5.41) is 17.1. The van der Waals surface area contributed by atoms with Gasteiger partial charge in [-0.05, 0) is 45.2 Å². The number of rotatable bonds is 8. The number of hydrogen-bond acceptors (Lipinski definition) is 5. The second-order valence-corrected chi connectivity index (χ2v) is 9.17. The number of halogens is 1. The van der Waals surface area contributed by atoms with E-state index in [1.54, 1.807) is 23.4 Å². The van der Waals surface area contributed by atoms with Crippen LogP contribution < -0.4 is 10.6 Å². The van der Waals surface area contributed by atoms with E-state index in [-0.39, 0.29) is 42.3 Å². The zero-order valence-corrected chi connectivity index (χ0v) is 20.0. The van der Waals surface area contributed by atoms with Gasteiger partial charge >= 0.3 is 0 Å². The SMILES string of the molecule is CCCS(=O)(=O)N1CCC(NC(=NCC(C)(O)c2ccco2)NCC)CC1.I. The molecule has 1 fully saturated rings. The molecule has 162 valence electrons. The molecule has 1 aliphatic heterocycles. The molecule has 10 heteroatoms. The van der Waals surface area contributed by atoms with Crippen LogP contribution in [-0.2, 0) is 15.6 Å². The van der Waals surface area contributed by atoms with Gasteiger partial charge in [0.25, 0.3) is 0 Å². The number of aliphatic hydroxyl groups is 1. The third-order valence-electron chi connectivity index (χ3n) is 4.59. The molecule has 2 heterocycles. The normalized spacial score (nSPS) is 18.9. The Labute approximate surface area is 185 Å². The first-order valence-corrected chi connectivity index (χ1v) is 11.2. The molecule has 1 saturated heterocycles. The zero-order valence-electron chi connectivity index (χ0n) is 16.8. The number of furan rings is 1. The van der Waals surface area contributed by atoms with Gasteiger partial charge in [-0.3, -0.25) is 0 Å². The van der Waals surface area contributed by atoms with Gasteiger partial charge in [0.15, 0.2) is 5.96 Å². The summed E-state index contributed by atoms with van der Waals surface area (Å²) in [7, 11) is -3.13. The quantitative estimate of drug-likeness (QED) is 0.270. The Morgan fingerprint density at radius 1 is 1.39 bits per heavy atom. The molecular formula is C18H33IN4O4S. The lowest BCUT2D eigenvalue weighted by atomic mass is 10.0. The molecule has 1 aliphatic rings. The molecule has 0 spiro atoms. The predicted octanol–water partition coefficient (Wildman–Crippen LogP) is 1.86. The predicted molar refractivity (Wildman–Crippen MR) is 121 cm³/mol. The minimum atomic E-state index is -3.13. The highest BCUT2D eigenvalue weighted by Crippen LogP contribution is 2.21. The molecule has 1 atom stereocenters. The van der Waals surface area contributed by atoms with Crippen LogP contribution in [0.15, 0.2) is 27.8 Å². The van der Waals surface area contributed by atoms with Crippen LogP contribution in [0.4, 0.5) is 0 Å². The summed E-state index contributed by atoms with van der Waals surface area (Å²) in [4.78, 5) is 4.49. The zero-order chi connectivity index (χ0) is 19.9. The van der Waals surface area contributed by atoms with E-state index in [1.165, 1.54) is 6.26 Å². The van der Waals surface area contributed by atoms with Gasteiger partial charge < -0.3 is 20.2 Å². The van der Waals surface area contributed by atoms with E-state index in [0.29, 0.717) is 37.8 Å². The maximum atomic E-state index is 12.2. The number of piperidine rings is 1. The Morgan fingerprint density at radius 3 is 2.61 bits per heavy atom. The van der Waals surface area contributed by atoms with Crippen molar-refractivity contribution in [3.63, 3.8) is 0 Å². The van der Waals surface area contributed by atoms with Crippen LogP contribution in [0, 0.1) is 0 Å². The van der Waals surface area contributed by atoms with Crippen LogP contribution in [0.25, 0.3) is 0 Å². The van der Waals surface area contributed by atoms with Gasteiger partial charge in [0, 0.05) is 25.7 Å². The Bertz CT molecular complexity index is 699. The summed E-state index contributed by atoms with van der Waals surface area (Å²) < 4.78 is 31.2. The third kappa shape index (κ3) is 7.20. The molecule has 0 amide bonds. The van der Waals surface area contributed by atoms with Gasteiger partial charge in [0.1, 0.15) is 11.4 Å². The minimum Gasteiger partial charge on any atom is -0.466 e. The average molecular weight is 528 g/mol. The molecule has 1 aromatic heterocycles. The van der Waals surface area contributed by atoms with E-state index >= 15 is 0 Å². The lowest BCUT2D eigenvalue weighted by Crippen LogP contribution is -2.50. The van der Waals surface area contributed by atoms with Crippen LogP contribution in [-0.4, -0.2) is 61.8 Å². The fraction of sp³-hybridized carbons (Fsp3) is 0.722. The van der Waals surface area contributed by atoms with Crippen LogP contribution in [0.3, 0.4) is 0 Å². The Kier molecular flexibility index (Phi) is 10.2. The van der Waals surface area contributed by atoms with Crippen LogP contribution in [0.5, 0.6) is 0 Å². The first kappa shape index (κ1) is 25.2. The molecular weight excluding hydrogens is 495 g/mol. The average Bonchev–Trinajstić information content (AvgIpc) is 3.16. The smallest absolute Gasteiger partial charge is 0.214 e. The van der Waals surface area contributed by atoms with Crippen molar-refractivity contribution in [1.29, 1.82) is 0 Å². The van der Waals surface area contributed by atoms with E-state index in [1.807, 2.05) is 13.8 Å². The molecule has 3 N–H and O–H groups in total. The van der Waals surface area contributed by atoms with E-state index in [9.17, 15) is 13.5 Å². The van der Waals surface area contributed by atoms with Crippen LogP contribution in [0.2, 0.25) is 0 Å². The summed E-state index contributed by atoms with van der Waals surface area (Å²) in [5.41, 5.74) is -1.19. The molecule has 2 rings (SSSR count). The van der Waals surface area contributed by atoms with Crippen molar-refractivity contribution in [3.8, 4) is 0 Å². The summed E-state index contributed by atoms with van der Waals surface area (Å²) in [6.45, 7) is 7.39. The van der Waals surface area contributed by atoms with Crippen molar-refractivity contribution in [2.45, 2.75) is 51.7 Å². The molecule has 0 radical (unpaired) electrons. The molecule has 1 unspecified atom stereocenters. The molecule has 0 bridgehead atoms. The highest BCUT2D eigenvalue weighted by molar-refractivity contribution is 14.0. The van der Waals surface area contributed by atoms with E-state index in [0.717, 1.165) is 12.8 Å². The number of hydrogen-bond donors (Lipinski definition) is 3. The van der Waals surface area contributed by atoms with Gasteiger partial charge in [-0.2, -0.15) is 0 Å². The topological polar surface area (TPSA) is 107 Å². The maximum Gasteiger partial charge on any atom is 0.214 e. The standard InChI is InChI=1S/C18H32N4O4S.HI/c1-4-13-27(24,25)22-10-8-15(9-11-22)21-17(19-5-2)20-14-18(3,23)16-7-6-12-26-16;/h6-7,12,15,23H,4-5,8-11,13-14H2,1-3H3,(H2,19,20,21);1H. The second-order valence-electron chi connectivity index (χ2n) is 7.08. The Hall–Kier alpha value is -0.850. The number of nitrogens with one attached hydrogen (secondary N) is 2. The molecule has 0 saturated carbocycles. The van der Waals surface area contributed by atoms with Crippen LogP contribution >= 0.6 is 24.0 Å². The fourth-order valence-electron chi connectivity index (χ4n) is 3.07. The Balaban J connectivity index is 0.00000392. The lowest BCUT2D eigenvalue weighted by molar-refractivity contribution is 0.0436. The van der Waals surface area contributed by atoms with Crippen molar-refractivity contribution in [2.75, 3.05) is 31.9 Å². The van der Waals surface area contributed by atoms with E-state index in [4.69, 9.17) is 4.42 Å². The maximum absolute atomic E-state index is 12.2. The summed E-state index contributed by atoms with van der Waals surface area (Å²) in [6, 6.07) is 3.60. The summed E-state index contributed by atoms with van der Waals surface area (Å²) in [5.74, 6) is 1.28. The third-order valence-corrected chi connectivity index (χ3v) is 6.67. The second kappa shape index (κ2) is 11.4. The first-order valence-electron chi connectivity index (χ1n) is 9.57. The monoisotopic (exact) mass is 528 g/mol. The minimum absolute atomic E-state index is 0. The number of guanidine groups is 1. The molecule has 0 aromatic carbocycles. The number of nitrogens with zero attached hydrogens (tertiary/aromatic N) is 2.